The second-order valence-electron chi connectivity index (χ2n) is 2.73. The normalized spacial score (nSPS) is 10.6. The van der Waals surface area contributed by atoms with Crippen LogP contribution in [-0.4, -0.2) is 10.8 Å². The van der Waals surface area contributed by atoms with E-state index in [0.29, 0.717) is 11.1 Å². The third-order valence-electron chi connectivity index (χ3n) is 1.67. The van der Waals surface area contributed by atoms with Gasteiger partial charge in [-0.1, -0.05) is 0 Å². The van der Waals surface area contributed by atoms with E-state index in [9.17, 15) is 4.79 Å². The lowest BCUT2D eigenvalue weighted by atomic mass is 10.3. The second kappa shape index (κ2) is 2.88. The number of oxazole rings is 1. The number of benzene rings is 1. The van der Waals surface area contributed by atoms with Gasteiger partial charge in [-0.2, -0.15) is 0 Å². The molecule has 0 bridgehead atoms. The molecule has 2 aromatic rings. The molecule has 0 saturated carbocycles. The van der Waals surface area contributed by atoms with Gasteiger partial charge in [0.25, 0.3) is 5.89 Å². The number of thiol groups is 1. The fourth-order valence-corrected chi connectivity index (χ4v) is 1.26. The van der Waals surface area contributed by atoms with Gasteiger partial charge in [0, 0.05) is 11.8 Å². The summed E-state index contributed by atoms with van der Waals surface area (Å²) in [7, 11) is 0. The van der Waals surface area contributed by atoms with E-state index < -0.39 is 0 Å². The summed E-state index contributed by atoms with van der Waals surface area (Å²) in [6.07, 6.45) is 0. The topological polar surface area (TPSA) is 43.1 Å². The molecule has 1 heterocycles. The summed E-state index contributed by atoms with van der Waals surface area (Å²) in [6.45, 7) is 1.42. The summed E-state index contributed by atoms with van der Waals surface area (Å²) in [5.41, 5.74) is 1.28. The fourth-order valence-electron chi connectivity index (χ4n) is 1.07. The zero-order valence-electron chi connectivity index (χ0n) is 6.94. The summed E-state index contributed by atoms with van der Waals surface area (Å²) in [5, 5.41) is 0. The number of rotatable bonds is 1. The Labute approximate surface area is 80.2 Å². The van der Waals surface area contributed by atoms with Crippen molar-refractivity contribution in [3.8, 4) is 0 Å². The van der Waals surface area contributed by atoms with E-state index >= 15 is 0 Å². The van der Waals surface area contributed by atoms with E-state index in [0.717, 1.165) is 4.90 Å². The molecule has 2 rings (SSSR count). The highest BCUT2D eigenvalue weighted by Gasteiger charge is 2.08. The number of nitrogens with zero attached hydrogens (tertiary/aromatic N) is 1. The highest BCUT2D eigenvalue weighted by molar-refractivity contribution is 7.80. The van der Waals surface area contributed by atoms with Crippen LogP contribution in [0.3, 0.4) is 0 Å². The molecule has 0 aliphatic rings. The number of carbonyl (C=O) groups excluding carboxylic acids is 1. The molecule has 0 radical (unpaired) electrons. The summed E-state index contributed by atoms with van der Waals surface area (Å²) in [5.74, 6) is -0.0224. The first-order chi connectivity index (χ1) is 6.16. The van der Waals surface area contributed by atoms with Crippen LogP contribution in [-0.2, 0) is 0 Å². The van der Waals surface area contributed by atoms with Gasteiger partial charge < -0.3 is 4.42 Å². The van der Waals surface area contributed by atoms with Crippen molar-refractivity contribution < 1.29 is 9.21 Å². The Kier molecular flexibility index (Phi) is 1.84. The number of fused-ring (bicyclic) bond motifs is 1. The minimum absolute atomic E-state index is 0.147. The van der Waals surface area contributed by atoms with Gasteiger partial charge >= 0.3 is 0 Å². The summed E-state index contributed by atoms with van der Waals surface area (Å²) in [6, 6.07) is 5.30. The van der Waals surface area contributed by atoms with Crippen LogP contribution in [0, 0.1) is 0 Å². The van der Waals surface area contributed by atoms with Crippen LogP contribution in [0.1, 0.15) is 17.6 Å². The quantitative estimate of drug-likeness (QED) is 0.558. The first-order valence-electron chi connectivity index (χ1n) is 3.77. The number of ketones is 1. The lowest BCUT2D eigenvalue weighted by Crippen LogP contribution is -1.89. The molecule has 1 aromatic heterocycles. The third kappa shape index (κ3) is 1.45. The standard InChI is InChI=1S/C9H7NO2S/c1-5(11)9-10-7-4-6(13)2-3-8(7)12-9/h2-4,13H,1H3. The number of carbonyl (C=O) groups is 1. The van der Waals surface area contributed by atoms with Crippen molar-refractivity contribution in [2.75, 3.05) is 0 Å². The Morgan fingerprint density at radius 1 is 1.54 bits per heavy atom. The van der Waals surface area contributed by atoms with Gasteiger partial charge in [0.05, 0.1) is 0 Å². The molecule has 0 fully saturated rings. The fraction of sp³-hybridized carbons (Fsp3) is 0.111. The predicted octanol–water partition coefficient (Wildman–Crippen LogP) is 2.32. The van der Waals surface area contributed by atoms with E-state index in [1.807, 2.05) is 0 Å². The highest BCUT2D eigenvalue weighted by atomic mass is 32.1. The van der Waals surface area contributed by atoms with Gasteiger partial charge in [0.2, 0.25) is 5.78 Å². The van der Waals surface area contributed by atoms with Crippen molar-refractivity contribution in [2.24, 2.45) is 0 Å². The van der Waals surface area contributed by atoms with E-state index in [2.05, 4.69) is 17.6 Å². The van der Waals surface area contributed by atoms with Crippen LogP contribution in [0.4, 0.5) is 0 Å². The molecule has 0 atom stereocenters. The lowest BCUT2D eigenvalue weighted by Gasteiger charge is -1.86. The molecule has 0 saturated heterocycles. The van der Waals surface area contributed by atoms with Gasteiger partial charge in [-0.3, -0.25) is 4.79 Å². The number of hydrogen-bond acceptors (Lipinski definition) is 4. The van der Waals surface area contributed by atoms with Crippen LogP contribution in [0.2, 0.25) is 0 Å². The van der Waals surface area contributed by atoms with Crippen LogP contribution < -0.4 is 0 Å². The Bertz CT molecular complexity index is 475. The van der Waals surface area contributed by atoms with E-state index in [1.165, 1.54) is 6.92 Å². The lowest BCUT2D eigenvalue weighted by molar-refractivity contribution is 0.0983. The Hall–Kier alpha value is -1.29. The van der Waals surface area contributed by atoms with Gasteiger partial charge in [0.15, 0.2) is 5.58 Å². The van der Waals surface area contributed by atoms with Crippen LogP contribution >= 0.6 is 12.6 Å². The molecule has 0 spiro atoms. The maximum Gasteiger partial charge on any atom is 0.263 e. The Balaban J connectivity index is 2.68. The molecule has 0 amide bonds. The smallest absolute Gasteiger partial charge is 0.263 e. The molecular weight excluding hydrogens is 186 g/mol. The van der Waals surface area contributed by atoms with Gasteiger partial charge in [-0.05, 0) is 18.2 Å². The zero-order valence-corrected chi connectivity index (χ0v) is 7.84. The molecule has 0 N–H and O–H groups in total. The van der Waals surface area contributed by atoms with Crippen molar-refractivity contribution >= 4 is 29.5 Å². The predicted molar refractivity (Wildman–Crippen MR) is 51.3 cm³/mol. The Morgan fingerprint density at radius 2 is 2.31 bits per heavy atom. The second-order valence-corrected chi connectivity index (χ2v) is 3.24. The molecule has 4 heteroatoms. The molecule has 13 heavy (non-hydrogen) atoms. The molecule has 0 aliphatic heterocycles. The number of aromatic nitrogens is 1. The number of hydrogen-bond donors (Lipinski definition) is 1. The van der Waals surface area contributed by atoms with Gasteiger partial charge in [-0.25, -0.2) is 4.98 Å². The zero-order chi connectivity index (χ0) is 9.42. The van der Waals surface area contributed by atoms with Gasteiger partial charge in [-0.15, -0.1) is 12.6 Å². The summed E-state index contributed by atoms with van der Waals surface area (Å²) in [4.78, 5) is 15.7. The van der Waals surface area contributed by atoms with Crippen LogP contribution in [0.25, 0.3) is 11.1 Å². The summed E-state index contributed by atoms with van der Waals surface area (Å²) < 4.78 is 5.19. The van der Waals surface area contributed by atoms with Crippen molar-refractivity contribution in [3.63, 3.8) is 0 Å². The monoisotopic (exact) mass is 193 g/mol. The molecule has 3 nitrogen and oxygen atoms in total. The maximum atomic E-state index is 10.9. The van der Waals surface area contributed by atoms with Crippen LogP contribution in [0.5, 0.6) is 0 Å². The highest BCUT2D eigenvalue weighted by Crippen LogP contribution is 2.18. The molecule has 1 aromatic carbocycles. The van der Waals surface area contributed by atoms with E-state index in [4.69, 9.17) is 4.42 Å². The van der Waals surface area contributed by atoms with Gasteiger partial charge in [0.1, 0.15) is 5.52 Å². The van der Waals surface area contributed by atoms with Crippen molar-refractivity contribution in [2.45, 2.75) is 11.8 Å². The Morgan fingerprint density at radius 3 is 3.00 bits per heavy atom. The first-order valence-corrected chi connectivity index (χ1v) is 4.22. The molecule has 0 unspecified atom stereocenters. The molecule has 66 valence electrons. The summed E-state index contributed by atoms with van der Waals surface area (Å²) >= 11 is 4.15. The average Bonchev–Trinajstić information content (AvgIpc) is 2.46. The number of Topliss-reactive ketones (excluding diaryl/α,β-unsaturated/α-hetero) is 1. The van der Waals surface area contributed by atoms with E-state index in [1.54, 1.807) is 18.2 Å². The molecule has 0 aliphatic carbocycles. The first kappa shape index (κ1) is 8.31. The average molecular weight is 193 g/mol. The maximum absolute atomic E-state index is 10.9. The largest absolute Gasteiger partial charge is 0.434 e. The van der Waals surface area contributed by atoms with E-state index in [-0.39, 0.29) is 11.7 Å². The van der Waals surface area contributed by atoms with Crippen LogP contribution in [0.15, 0.2) is 27.5 Å². The SMILES string of the molecule is CC(=O)c1nc2cc(S)ccc2o1. The van der Waals surface area contributed by atoms with Crippen molar-refractivity contribution in [3.05, 3.63) is 24.1 Å². The minimum atomic E-state index is -0.170. The van der Waals surface area contributed by atoms with Crippen molar-refractivity contribution in [1.82, 2.24) is 4.98 Å². The van der Waals surface area contributed by atoms with Crippen molar-refractivity contribution in [1.29, 1.82) is 0 Å². The minimum Gasteiger partial charge on any atom is -0.434 e. The molecular formula is C9H7NO2S. The third-order valence-corrected chi connectivity index (χ3v) is 1.95.